The number of hydrazone groups is 1. The third-order valence-electron chi connectivity index (χ3n) is 7.10. The number of aromatic nitrogens is 3. The highest BCUT2D eigenvalue weighted by Gasteiger charge is 2.16. The van der Waals surface area contributed by atoms with E-state index in [2.05, 4.69) is 27.6 Å². The standard InChI is InChI=1S/C35H40ClN5O3S/c1-2-3-4-5-6-7-8-9-13-19-32-38-40-35(41(32)30-17-11-10-12-18-30)45-26-33(42)39-37-25-27-20-22-31(23-21-27)44-34(43)28-15-14-16-29(36)24-28/h10-12,14-18,20-25H,2-9,13,19,26H2,1H3,(H,39,42). The van der Waals surface area contributed by atoms with Crippen LogP contribution < -0.4 is 10.2 Å². The molecule has 3 aromatic carbocycles. The summed E-state index contributed by atoms with van der Waals surface area (Å²) in [5.41, 5.74) is 4.65. The molecular weight excluding hydrogens is 606 g/mol. The maximum absolute atomic E-state index is 12.6. The van der Waals surface area contributed by atoms with Gasteiger partial charge in [0.15, 0.2) is 5.16 Å². The molecule has 236 valence electrons. The molecule has 1 heterocycles. The lowest BCUT2D eigenvalue weighted by atomic mass is 10.1. The fraction of sp³-hybridized carbons (Fsp3) is 0.343. The number of carbonyl (C=O) groups excluding carboxylic acids is 2. The summed E-state index contributed by atoms with van der Waals surface area (Å²) in [6.07, 6.45) is 13.8. The summed E-state index contributed by atoms with van der Waals surface area (Å²) in [5.74, 6) is 0.677. The predicted octanol–water partition coefficient (Wildman–Crippen LogP) is 8.46. The maximum Gasteiger partial charge on any atom is 0.343 e. The lowest BCUT2D eigenvalue weighted by Crippen LogP contribution is -2.20. The van der Waals surface area contributed by atoms with Crippen LogP contribution in [0.15, 0.2) is 89.1 Å². The van der Waals surface area contributed by atoms with Crippen LogP contribution in [0.1, 0.15) is 86.5 Å². The van der Waals surface area contributed by atoms with Gasteiger partial charge in [-0.25, -0.2) is 10.2 Å². The Morgan fingerprint density at radius 2 is 1.60 bits per heavy atom. The van der Waals surface area contributed by atoms with E-state index >= 15 is 0 Å². The molecule has 45 heavy (non-hydrogen) atoms. The second kappa shape index (κ2) is 18.8. The van der Waals surface area contributed by atoms with Crippen molar-refractivity contribution in [3.8, 4) is 11.4 Å². The number of carbonyl (C=O) groups is 2. The quantitative estimate of drug-likeness (QED) is 0.0291. The second-order valence-corrected chi connectivity index (χ2v) is 12.1. The number of ether oxygens (including phenoxy) is 1. The van der Waals surface area contributed by atoms with Gasteiger partial charge in [-0.1, -0.05) is 106 Å². The van der Waals surface area contributed by atoms with E-state index in [0.29, 0.717) is 21.5 Å². The van der Waals surface area contributed by atoms with Crippen molar-refractivity contribution in [1.82, 2.24) is 20.2 Å². The van der Waals surface area contributed by atoms with E-state index in [4.69, 9.17) is 16.3 Å². The summed E-state index contributed by atoms with van der Waals surface area (Å²) < 4.78 is 7.44. The number of nitrogens with one attached hydrogen (secondary N) is 1. The van der Waals surface area contributed by atoms with E-state index in [1.54, 1.807) is 48.5 Å². The van der Waals surface area contributed by atoms with E-state index < -0.39 is 5.97 Å². The number of halogens is 1. The van der Waals surface area contributed by atoms with Crippen molar-refractivity contribution in [2.75, 3.05) is 5.75 Å². The fourth-order valence-corrected chi connectivity index (χ4v) is 5.68. The maximum atomic E-state index is 12.6. The molecule has 10 heteroatoms. The van der Waals surface area contributed by atoms with E-state index in [1.165, 1.54) is 69.3 Å². The van der Waals surface area contributed by atoms with Gasteiger partial charge >= 0.3 is 5.97 Å². The number of amides is 1. The van der Waals surface area contributed by atoms with Gasteiger partial charge in [0.25, 0.3) is 5.91 Å². The van der Waals surface area contributed by atoms with Crippen LogP contribution in [0.5, 0.6) is 5.75 Å². The number of para-hydroxylation sites is 1. The van der Waals surface area contributed by atoms with E-state index in [0.717, 1.165) is 29.9 Å². The van der Waals surface area contributed by atoms with Crippen molar-refractivity contribution in [1.29, 1.82) is 0 Å². The molecule has 0 unspecified atom stereocenters. The molecule has 4 aromatic rings. The number of rotatable bonds is 18. The number of nitrogens with zero attached hydrogens (tertiary/aromatic N) is 4. The summed E-state index contributed by atoms with van der Waals surface area (Å²) >= 11 is 7.28. The topological polar surface area (TPSA) is 98.5 Å². The Morgan fingerprint density at radius 3 is 2.31 bits per heavy atom. The second-order valence-electron chi connectivity index (χ2n) is 10.7. The van der Waals surface area contributed by atoms with Crippen molar-refractivity contribution in [3.05, 3.63) is 101 Å². The molecule has 0 spiro atoms. The molecule has 0 saturated carbocycles. The van der Waals surface area contributed by atoms with Crippen LogP contribution in [0.4, 0.5) is 0 Å². The normalized spacial score (nSPS) is 11.2. The Morgan fingerprint density at radius 1 is 0.889 bits per heavy atom. The van der Waals surface area contributed by atoms with Crippen molar-refractivity contribution in [3.63, 3.8) is 0 Å². The van der Waals surface area contributed by atoms with Crippen LogP contribution >= 0.6 is 23.4 Å². The molecule has 0 bridgehead atoms. The average molecular weight is 646 g/mol. The van der Waals surface area contributed by atoms with Crippen LogP contribution in [0, 0.1) is 0 Å². The number of hydrogen-bond donors (Lipinski definition) is 1. The van der Waals surface area contributed by atoms with Gasteiger partial charge in [-0.3, -0.25) is 9.36 Å². The summed E-state index contributed by atoms with van der Waals surface area (Å²) in [6.45, 7) is 2.25. The third kappa shape index (κ3) is 11.5. The SMILES string of the molecule is CCCCCCCCCCCc1nnc(SCC(=O)NN=Cc2ccc(OC(=O)c3cccc(Cl)c3)cc2)n1-c1ccccc1. The molecule has 8 nitrogen and oxygen atoms in total. The van der Waals surface area contributed by atoms with Gasteiger partial charge in [-0.15, -0.1) is 10.2 Å². The van der Waals surface area contributed by atoms with Crippen LogP contribution in [-0.4, -0.2) is 38.6 Å². The van der Waals surface area contributed by atoms with Gasteiger partial charge in [0.05, 0.1) is 17.5 Å². The number of aryl methyl sites for hydroxylation is 1. The fourth-order valence-electron chi connectivity index (χ4n) is 4.73. The predicted molar refractivity (Wildman–Crippen MR) is 182 cm³/mol. The first-order valence-corrected chi connectivity index (χ1v) is 16.9. The van der Waals surface area contributed by atoms with Crippen LogP contribution in [0.3, 0.4) is 0 Å². The Labute approximate surface area is 274 Å². The van der Waals surface area contributed by atoms with Gasteiger partial charge in [-0.2, -0.15) is 5.10 Å². The summed E-state index contributed by atoms with van der Waals surface area (Å²) in [5, 5.41) is 14.1. The lowest BCUT2D eigenvalue weighted by molar-refractivity contribution is -0.118. The van der Waals surface area contributed by atoms with Crippen molar-refractivity contribution < 1.29 is 14.3 Å². The van der Waals surface area contributed by atoms with Crippen LogP contribution in [0.25, 0.3) is 5.69 Å². The molecule has 1 amide bonds. The van der Waals surface area contributed by atoms with Gasteiger partial charge in [0, 0.05) is 17.1 Å². The minimum absolute atomic E-state index is 0.138. The van der Waals surface area contributed by atoms with Crippen LogP contribution in [-0.2, 0) is 11.2 Å². The van der Waals surface area contributed by atoms with Crippen molar-refractivity contribution >= 4 is 41.5 Å². The zero-order valence-electron chi connectivity index (χ0n) is 25.7. The van der Waals surface area contributed by atoms with Gasteiger partial charge in [0.2, 0.25) is 0 Å². The minimum Gasteiger partial charge on any atom is -0.423 e. The molecule has 0 saturated heterocycles. The number of unbranched alkanes of at least 4 members (excludes halogenated alkanes) is 8. The first-order chi connectivity index (χ1) is 22.0. The molecule has 1 aromatic heterocycles. The smallest absolute Gasteiger partial charge is 0.343 e. The zero-order valence-corrected chi connectivity index (χ0v) is 27.2. The molecule has 0 atom stereocenters. The first kappa shape index (κ1) is 33.9. The summed E-state index contributed by atoms with van der Waals surface area (Å²) in [6, 6.07) is 23.4. The number of hydrogen-bond acceptors (Lipinski definition) is 7. The van der Waals surface area contributed by atoms with E-state index in [1.807, 2.05) is 34.9 Å². The Balaban J connectivity index is 1.24. The Kier molecular flexibility index (Phi) is 14.1. The summed E-state index contributed by atoms with van der Waals surface area (Å²) in [4.78, 5) is 24.9. The number of benzene rings is 3. The number of thioether (sulfide) groups is 1. The minimum atomic E-state index is -0.498. The highest BCUT2D eigenvalue weighted by Crippen LogP contribution is 2.23. The highest BCUT2D eigenvalue weighted by atomic mass is 35.5. The molecular formula is C35H40ClN5O3S. The van der Waals surface area contributed by atoms with Crippen molar-refractivity contribution in [2.24, 2.45) is 5.10 Å². The Bertz CT molecular complexity index is 1530. The molecule has 0 radical (unpaired) electrons. The highest BCUT2D eigenvalue weighted by molar-refractivity contribution is 7.99. The van der Waals surface area contributed by atoms with E-state index in [-0.39, 0.29) is 11.7 Å². The molecule has 0 fully saturated rings. The van der Waals surface area contributed by atoms with Crippen LogP contribution in [0.2, 0.25) is 5.02 Å². The van der Waals surface area contributed by atoms with Gasteiger partial charge in [0.1, 0.15) is 11.6 Å². The third-order valence-corrected chi connectivity index (χ3v) is 8.27. The lowest BCUT2D eigenvalue weighted by Gasteiger charge is -2.10. The van der Waals surface area contributed by atoms with E-state index in [9.17, 15) is 9.59 Å². The largest absolute Gasteiger partial charge is 0.423 e. The average Bonchev–Trinajstić information content (AvgIpc) is 3.46. The molecule has 1 N–H and O–H groups in total. The van der Waals surface area contributed by atoms with Gasteiger partial charge < -0.3 is 4.74 Å². The zero-order chi connectivity index (χ0) is 31.7. The molecule has 0 aliphatic rings. The summed E-state index contributed by atoms with van der Waals surface area (Å²) in [7, 11) is 0. The molecule has 0 aliphatic carbocycles. The molecule has 0 aliphatic heterocycles. The Hall–Kier alpha value is -3.95. The van der Waals surface area contributed by atoms with Gasteiger partial charge in [-0.05, 0) is 66.6 Å². The number of esters is 1. The monoisotopic (exact) mass is 645 g/mol. The molecule has 4 rings (SSSR count). The van der Waals surface area contributed by atoms with Crippen molar-refractivity contribution in [2.45, 2.75) is 76.3 Å². The first-order valence-electron chi connectivity index (χ1n) is 15.6.